The van der Waals surface area contributed by atoms with E-state index in [-0.39, 0.29) is 30.6 Å². The Hall–Kier alpha value is -2.37. The summed E-state index contributed by atoms with van der Waals surface area (Å²) in [6.07, 6.45) is 0.471. The zero-order valence-electron chi connectivity index (χ0n) is 13.2. The van der Waals surface area contributed by atoms with Crippen molar-refractivity contribution in [1.82, 2.24) is 4.90 Å². The molecule has 0 bridgehead atoms. The zero-order chi connectivity index (χ0) is 16.5. The van der Waals surface area contributed by atoms with Crippen molar-refractivity contribution in [3.8, 4) is 0 Å². The number of carbonyl (C=O) groups is 3. The number of hydrogen-bond donors (Lipinski definition) is 1. The van der Waals surface area contributed by atoms with Crippen LogP contribution in [0.1, 0.15) is 25.3 Å². The molecule has 0 unspecified atom stereocenters. The number of rotatable bonds is 7. The van der Waals surface area contributed by atoms with E-state index >= 15 is 0 Å². The number of hydrogen-bond acceptors (Lipinski definition) is 4. The Morgan fingerprint density at radius 3 is 2.27 bits per heavy atom. The van der Waals surface area contributed by atoms with Crippen LogP contribution in [0.2, 0.25) is 0 Å². The molecule has 0 saturated carbocycles. The zero-order valence-corrected chi connectivity index (χ0v) is 13.2. The van der Waals surface area contributed by atoms with E-state index in [1.165, 1.54) is 4.90 Å². The van der Waals surface area contributed by atoms with Crippen molar-refractivity contribution in [3.05, 3.63) is 29.8 Å². The van der Waals surface area contributed by atoms with Crippen molar-refractivity contribution >= 4 is 23.5 Å². The number of likely N-dealkylation sites (N-methyl/N-ethyl adjacent to an activating group) is 1. The molecule has 0 aliphatic rings. The van der Waals surface area contributed by atoms with Crippen molar-refractivity contribution in [2.24, 2.45) is 0 Å². The van der Waals surface area contributed by atoms with Crippen molar-refractivity contribution in [1.29, 1.82) is 0 Å². The van der Waals surface area contributed by atoms with Crippen molar-refractivity contribution in [3.63, 3.8) is 0 Å². The van der Waals surface area contributed by atoms with Crippen LogP contribution in [0.4, 0.5) is 5.69 Å². The lowest BCUT2D eigenvalue weighted by atomic mass is 10.1. The number of nitrogens with one attached hydrogen (secondary N) is 1. The first-order valence-electron chi connectivity index (χ1n) is 7.17. The molecule has 0 heterocycles. The summed E-state index contributed by atoms with van der Waals surface area (Å²) in [5.74, 6) is -0.605. The molecule has 2 amide bonds. The third kappa shape index (κ3) is 6.39. The van der Waals surface area contributed by atoms with Gasteiger partial charge in [0.15, 0.2) is 0 Å². The Morgan fingerprint density at radius 1 is 1.09 bits per heavy atom. The molecule has 0 spiro atoms. The molecule has 0 radical (unpaired) electrons. The minimum absolute atomic E-state index is 0.0197. The van der Waals surface area contributed by atoms with Gasteiger partial charge in [-0.25, -0.2) is 0 Å². The fourth-order valence-corrected chi connectivity index (χ4v) is 1.71. The molecule has 120 valence electrons. The van der Waals surface area contributed by atoms with Gasteiger partial charge in [0, 0.05) is 26.2 Å². The number of carbonyl (C=O) groups excluding carboxylic acids is 3. The second-order valence-corrected chi connectivity index (χ2v) is 5.02. The van der Waals surface area contributed by atoms with E-state index in [4.69, 9.17) is 4.74 Å². The fourth-order valence-electron chi connectivity index (χ4n) is 1.71. The molecule has 0 atom stereocenters. The van der Waals surface area contributed by atoms with E-state index in [1.54, 1.807) is 45.3 Å². The summed E-state index contributed by atoms with van der Waals surface area (Å²) in [5, 5.41) is 2.70. The predicted molar refractivity (Wildman–Crippen MR) is 83.3 cm³/mol. The predicted octanol–water partition coefficient (Wildman–Crippen LogP) is 1.60. The molecule has 1 N–H and O–H groups in total. The lowest BCUT2D eigenvalue weighted by Crippen LogP contribution is -2.23. The summed E-state index contributed by atoms with van der Waals surface area (Å²) in [7, 11) is 3.42. The summed E-state index contributed by atoms with van der Waals surface area (Å²) in [5.41, 5.74) is 1.51. The van der Waals surface area contributed by atoms with E-state index < -0.39 is 0 Å². The monoisotopic (exact) mass is 306 g/mol. The van der Waals surface area contributed by atoms with Gasteiger partial charge in [0.2, 0.25) is 11.8 Å². The molecule has 6 nitrogen and oxygen atoms in total. The van der Waals surface area contributed by atoms with E-state index in [0.29, 0.717) is 18.7 Å². The molecule has 0 fully saturated rings. The Balaban J connectivity index is 2.45. The van der Waals surface area contributed by atoms with Gasteiger partial charge < -0.3 is 15.0 Å². The lowest BCUT2D eigenvalue weighted by molar-refractivity contribution is -0.144. The molecule has 6 heteroatoms. The van der Waals surface area contributed by atoms with Crippen molar-refractivity contribution in [2.75, 3.05) is 26.0 Å². The normalized spacial score (nSPS) is 9.95. The molecule has 1 rings (SSSR count). The molecule has 0 aliphatic heterocycles. The Kier molecular flexibility index (Phi) is 7.08. The highest BCUT2D eigenvalue weighted by Crippen LogP contribution is 2.11. The molecular weight excluding hydrogens is 284 g/mol. The van der Waals surface area contributed by atoms with Crippen LogP contribution in [0.3, 0.4) is 0 Å². The van der Waals surface area contributed by atoms with Crippen LogP contribution in [0, 0.1) is 0 Å². The molecule has 0 aromatic heterocycles. The number of amides is 2. The number of ether oxygens (including phenoxy) is 1. The minimum Gasteiger partial charge on any atom is -0.466 e. The maximum Gasteiger partial charge on any atom is 0.306 e. The molecular formula is C16H22N2O4. The van der Waals surface area contributed by atoms with Crippen LogP contribution in [0.5, 0.6) is 0 Å². The molecule has 1 aromatic rings. The topological polar surface area (TPSA) is 75.7 Å². The fraction of sp³-hybridized carbons (Fsp3) is 0.438. The van der Waals surface area contributed by atoms with Gasteiger partial charge >= 0.3 is 5.97 Å². The van der Waals surface area contributed by atoms with Crippen LogP contribution in [-0.2, 0) is 25.5 Å². The summed E-state index contributed by atoms with van der Waals surface area (Å²) in [4.78, 5) is 36.0. The smallest absolute Gasteiger partial charge is 0.306 e. The second kappa shape index (κ2) is 8.81. The first-order valence-corrected chi connectivity index (χ1v) is 7.17. The van der Waals surface area contributed by atoms with Crippen LogP contribution in [0.25, 0.3) is 0 Å². The van der Waals surface area contributed by atoms with Gasteiger partial charge in [-0.15, -0.1) is 0 Å². The highest BCUT2D eigenvalue weighted by Gasteiger charge is 2.09. The van der Waals surface area contributed by atoms with Crippen molar-refractivity contribution < 1.29 is 19.1 Å². The summed E-state index contributed by atoms with van der Waals surface area (Å²) >= 11 is 0. The second-order valence-electron chi connectivity index (χ2n) is 5.02. The standard InChI is InChI=1S/C16H22N2O4/c1-4-22-16(21)10-9-14(19)17-13-7-5-12(6-8-13)11-15(20)18(2)3/h5-8H,4,9-11H2,1-3H3,(H,17,19). The Labute approximate surface area is 130 Å². The van der Waals surface area contributed by atoms with Gasteiger partial charge in [-0.3, -0.25) is 14.4 Å². The molecule has 22 heavy (non-hydrogen) atoms. The summed E-state index contributed by atoms with van der Waals surface area (Å²) in [6, 6.07) is 7.06. The average Bonchev–Trinajstić information content (AvgIpc) is 2.47. The van der Waals surface area contributed by atoms with E-state index in [9.17, 15) is 14.4 Å². The van der Waals surface area contributed by atoms with Crippen molar-refractivity contribution in [2.45, 2.75) is 26.2 Å². The van der Waals surface area contributed by atoms with E-state index in [1.807, 2.05) is 0 Å². The number of benzene rings is 1. The molecule has 0 aliphatic carbocycles. The van der Waals surface area contributed by atoms with Crippen LogP contribution in [-0.4, -0.2) is 43.4 Å². The highest BCUT2D eigenvalue weighted by atomic mass is 16.5. The first kappa shape index (κ1) is 17.7. The number of esters is 1. The quantitative estimate of drug-likeness (QED) is 0.776. The van der Waals surface area contributed by atoms with Gasteiger partial charge in [-0.05, 0) is 24.6 Å². The lowest BCUT2D eigenvalue weighted by Gasteiger charge is -2.10. The van der Waals surface area contributed by atoms with Gasteiger partial charge in [0.1, 0.15) is 0 Å². The number of nitrogens with zero attached hydrogens (tertiary/aromatic N) is 1. The number of anilines is 1. The average molecular weight is 306 g/mol. The van der Waals surface area contributed by atoms with Gasteiger partial charge in [-0.2, -0.15) is 0 Å². The van der Waals surface area contributed by atoms with Crippen LogP contribution >= 0.6 is 0 Å². The van der Waals surface area contributed by atoms with E-state index in [0.717, 1.165) is 5.56 Å². The van der Waals surface area contributed by atoms with Gasteiger partial charge in [-0.1, -0.05) is 12.1 Å². The highest BCUT2D eigenvalue weighted by molar-refractivity contribution is 5.92. The SMILES string of the molecule is CCOC(=O)CCC(=O)Nc1ccc(CC(=O)N(C)C)cc1. The largest absolute Gasteiger partial charge is 0.466 e. The Bertz CT molecular complexity index is 523. The van der Waals surface area contributed by atoms with Crippen LogP contribution < -0.4 is 5.32 Å². The maximum absolute atomic E-state index is 11.7. The van der Waals surface area contributed by atoms with Crippen LogP contribution in [0.15, 0.2) is 24.3 Å². The van der Waals surface area contributed by atoms with Gasteiger partial charge in [0.05, 0.1) is 19.4 Å². The van der Waals surface area contributed by atoms with Gasteiger partial charge in [0.25, 0.3) is 0 Å². The minimum atomic E-state index is -0.379. The first-order chi connectivity index (χ1) is 10.4. The summed E-state index contributed by atoms with van der Waals surface area (Å²) < 4.78 is 4.76. The van der Waals surface area contributed by atoms with E-state index in [2.05, 4.69) is 5.32 Å². The third-order valence-electron chi connectivity index (χ3n) is 2.95. The summed E-state index contributed by atoms with van der Waals surface area (Å²) in [6.45, 7) is 2.04. The molecule has 1 aromatic carbocycles. The Morgan fingerprint density at radius 2 is 1.73 bits per heavy atom. The third-order valence-corrected chi connectivity index (χ3v) is 2.95. The maximum atomic E-state index is 11.7. The molecule has 0 saturated heterocycles.